The Balaban J connectivity index is 1.28. The first-order valence-corrected chi connectivity index (χ1v) is 15.1. The summed E-state index contributed by atoms with van der Waals surface area (Å²) in [6.07, 6.45) is 4.94. The van der Waals surface area contributed by atoms with E-state index in [-0.39, 0.29) is 27.9 Å². The van der Waals surface area contributed by atoms with Crippen LogP contribution in [0.1, 0.15) is 28.8 Å². The van der Waals surface area contributed by atoms with Crippen LogP contribution in [-0.2, 0) is 0 Å². The van der Waals surface area contributed by atoms with Crippen molar-refractivity contribution in [2.75, 3.05) is 24.1 Å². The van der Waals surface area contributed by atoms with Crippen LogP contribution in [-0.4, -0.2) is 50.7 Å². The number of amides is 1. The number of carbonyl (C=O) groups is 1. The number of halogens is 3. The van der Waals surface area contributed by atoms with Crippen molar-refractivity contribution in [1.29, 1.82) is 0 Å². The first-order valence-electron chi connectivity index (χ1n) is 13.2. The molecule has 41 heavy (non-hydrogen) atoms. The third-order valence-corrected chi connectivity index (χ3v) is 7.71. The summed E-state index contributed by atoms with van der Waals surface area (Å²) in [7, 11) is 0. The SMILES string of the molecule is N/C(=N\C(NCC1CCCN(C(=O)c2ccccc2Oc2ccccc2)C1)=C(\F)CI)c1c[nH]c2ncc(Cl)cc12. The van der Waals surface area contributed by atoms with Crippen LogP contribution in [0.4, 0.5) is 4.39 Å². The van der Waals surface area contributed by atoms with Crippen molar-refractivity contribution < 1.29 is 13.9 Å². The molecule has 8 nitrogen and oxygen atoms in total. The molecule has 5 rings (SSSR count). The number of alkyl halides is 1. The number of hydrogen-bond donors (Lipinski definition) is 3. The number of ether oxygens (including phenoxy) is 1. The van der Waals surface area contributed by atoms with Gasteiger partial charge in [0.15, 0.2) is 11.6 Å². The maximum absolute atomic E-state index is 14.9. The molecule has 1 saturated heterocycles. The topological polar surface area (TPSA) is 109 Å². The molecule has 2 aromatic heterocycles. The lowest BCUT2D eigenvalue weighted by atomic mass is 9.97. The highest BCUT2D eigenvalue weighted by molar-refractivity contribution is 14.1. The number of aliphatic imine (C=N–C) groups is 1. The van der Waals surface area contributed by atoms with Gasteiger partial charge in [-0.25, -0.2) is 14.4 Å². The maximum Gasteiger partial charge on any atom is 0.257 e. The summed E-state index contributed by atoms with van der Waals surface area (Å²) in [5, 5.41) is 4.32. The largest absolute Gasteiger partial charge is 0.457 e. The Bertz CT molecular complexity index is 1590. The summed E-state index contributed by atoms with van der Waals surface area (Å²) in [6.45, 7) is 1.60. The fourth-order valence-electron chi connectivity index (χ4n) is 4.81. The number of fused-ring (bicyclic) bond motifs is 1. The van der Waals surface area contributed by atoms with Crippen molar-refractivity contribution in [2.24, 2.45) is 16.6 Å². The number of benzene rings is 2. The first kappa shape index (κ1) is 28.9. The lowest BCUT2D eigenvalue weighted by molar-refractivity contribution is 0.0672. The Hall–Kier alpha value is -3.64. The number of allylic oxidation sites excluding steroid dienone is 1. The molecule has 11 heteroatoms. The molecule has 0 spiro atoms. The van der Waals surface area contributed by atoms with E-state index in [1.54, 1.807) is 24.4 Å². The lowest BCUT2D eigenvalue weighted by Gasteiger charge is -2.33. The highest BCUT2D eigenvalue weighted by atomic mass is 127. The summed E-state index contributed by atoms with van der Waals surface area (Å²) in [5.74, 6) is 0.974. The first-order chi connectivity index (χ1) is 19.9. The van der Waals surface area contributed by atoms with Crippen LogP contribution in [0.5, 0.6) is 11.5 Å². The molecule has 1 aliphatic rings. The van der Waals surface area contributed by atoms with E-state index >= 15 is 0 Å². The Morgan fingerprint density at radius 3 is 2.80 bits per heavy atom. The molecule has 1 atom stereocenters. The molecule has 1 fully saturated rings. The van der Waals surface area contributed by atoms with Gasteiger partial charge in [0.2, 0.25) is 0 Å². The smallest absolute Gasteiger partial charge is 0.257 e. The number of H-pyrrole nitrogens is 1. The maximum atomic E-state index is 14.9. The van der Waals surface area contributed by atoms with Crippen LogP contribution in [0.15, 0.2) is 89.7 Å². The minimum atomic E-state index is -0.416. The summed E-state index contributed by atoms with van der Waals surface area (Å²) in [5.41, 5.74) is 8.01. The van der Waals surface area contributed by atoms with Crippen molar-refractivity contribution in [3.8, 4) is 11.5 Å². The number of aromatic nitrogens is 2. The van der Waals surface area contributed by atoms with E-state index in [9.17, 15) is 9.18 Å². The van der Waals surface area contributed by atoms with Crippen LogP contribution >= 0.6 is 34.2 Å². The third-order valence-electron chi connectivity index (χ3n) is 6.83. The molecule has 1 unspecified atom stereocenters. The zero-order chi connectivity index (χ0) is 28.8. The molecule has 4 aromatic rings. The van der Waals surface area contributed by atoms with Crippen molar-refractivity contribution in [3.05, 3.63) is 101 Å². The van der Waals surface area contributed by atoms with E-state index in [4.69, 9.17) is 22.1 Å². The third kappa shape index (κ3) is 6.99. The van der Waals surface area contributed by atoms with Gasteiger partial charge < -0.3 is 25.7 Å². The van der Waals surface area contributed by atoms with E-state index in [1.165, 1.54) is 6.20 Å². The van der Waals surface area contributed by atoms with Crippen molar-refractivity contribution >= 4 is 57.0 Å². The molecule has 1 aliphatic heterocycles. The van der Waals surface area contributed by atoms with Gasteiger partial charge in [0.05, 0.1) is 15.0 Å². The van der Waals surface area contributed by atoms with Gasteiger partial charge in [0.1, 0.15) is 23.0 Å². The van der Waals surface area contributed by atoms with Gasteiger partial charge in [-0.1, -0.05) is 64.5 Å². The molecule has 2 aromatic carbocycles. The number of para-hydroxylation sites is 2. The second kappa shape index (κ2) is 13.3. The highest BCUT2D eigenvalue weighted by Gasteiger charge is 2.27. The average molecular weight is 687 g/mol. The van der Waals surface area contributed by atoms with E-state index < -0.39 is 5.83 Å². The zero-order valence-corrected chi connectivity index (χ0v) is 25.0. The summed E-state index contributed by atoms with van der Waals surface area (Å²) in [6, 6.07) is 18.4. The number of aromatic amines is 1. The van der Waals surface area contributed by atoms with E-state index in [1.807, 2.05) is 70.0 Å². The highest BCUT2D eigenvalue weighted by Crippen LogP contribution is 2.28. The molecule has 0 bridgehead atoms. The number of nitrogens with zero attached hydrogens (tertiary/aromatic N) is 3. The number of pyridine rings is 1. The van der Waals surface area contributed by atoms with Crippen LogP contribution in [0, 0.1) is 5.92 Å². The Labute approximate surface area is 256 Å². The fraction of sp³-hybridized carbons (Fsp3) is 0.233. The van der Waals surface area contributed by atoms with Gasteiger partial charge in [0.25, 0.3) is 5.91 Å². The number of amidine groups is 1. The molecule has 1 amide bonds. The van der Waals surface area contributed by atoms with Crippen LogP contribution < -0.4 is 15.8 Å². The number of nitrogens with one attached hydrogen (secondary N) is 2. The Morgan fingerprint density at radius 2 is 2.00 bits per heavy atom. The van der Waals surface area contributed by atoms with E-state index in [0.717, 1.165) is 12.8 Å². The quantitative estimate of drug-likeness (QED) is 0.0815. The molecule has 212 valence electrons. The molecular weight excluding hydrogens is 658 g/mol. The lowest BCUT2D eigenvalue weighted by Crippen LogP contribution is -2.43. The Kier molecular flexibility index (Phi) is 9.40. The molecule has 0 aliphatic carbocycles. The monoisotopic (exact) mass is 686 g/mol. The van der Waals surface area contributed by atoms with Crippen molar-refractivity contribution in [3.63, 3.8) is 0 Å². The van der Waals surface area contributed by atoms with E-state index in [2.05, 4.69) is 20.3 Å². The number of rotatable bonds is 9. The van der Waals surface area contributed by atoms with Crippen LogP contribution in [0.3, 0.4) is 0 Å². The number of piperidine rings is 1. The second-order valence-corrected chi connectivity index (χ2v) is 10.9. The van der Waals surface area contributed by atoms with Crippen LogP contribution in [0.25, 0.3) is 11.0 Å². The minimum Gasteiger partial charge on any atom is -0.457 e. The number of nitrogens with two attached hydrogens (primary N) is 1. The van der Waals surface area contributed by atoms with E-state index in [0.29, 0.717) is 58.3 Å². The molecule has 3 heterocycles. The van der Waals surface area contributed by atoms with Gasteiger partial charge in [-0.3, -0.25) is 4.79 Å². The summed E-state index contributed by atoms with van der Waals surface area (Å²) in [4.78, 5) is 27.1. The van der Waals surface area contributed by atoms with Crippen molar-refractivity contribution in [1.82, 2.24) is 20.2 Å². The predicted molar refractivity (Wildman–Crippen MR) is 168 cm³/mol. The predicted octanol–water partition coefficient (Wildman–Crippen LogP) is 6.43. The van der Waals surface area contributed by atoms with Gasteiger partial charge in [-0.05, 0) is 49.1 Å². The fourth-order valence-corrected chi connectivity index (χ4v) is 5.32. The second-order valence-electron chi connectivity index (χ2n) is 9.69. The van der Waals surface area contributed by atoms with Gasteiger partial charge in [-0.2, -0.15) is 0 Å². The number of likely N-dealkylation sites (tertiary alicyclic amines) is 1. The Morgan fingerprint density at radius 1 is 1.22 bits per heavy atom. The summed E-state index contributed by atoms with van der Waals surface area (Å²) < 4.78 is 21.1. The summed E-state index contributed by atoms with van der Waals surface area (Å²) >= 11 is 8.06. The molecule has 0 saturated carbocycles. The molecule has 4 N–H and O–H groups in total. The average Bonchev–Trinajstić information content (AvgIpc) is 3.42. The van der Waals surface area contributed by atoms with Gasteiger partial charge in [-0.15, -0.1) is 0 Å². The normalized spacial score (nSPS) is 16.4. The van der Waals surface area contributed by atoms with Gasteiger partial charge >= 0.3 is 0 Å². The minimum absolute atomic E-state index is 0.0753. The number of carbonyl (C=O) groups excluding carboxylic acids is 1. The van der Waals surface area contributed by atoms with Gasteiger partial charge in [0, 0.05) is 43.0 Å². The van der Waals surface area contributed by atoms with Crippen molar-refractivity contribution in [2.45, 2.75) is 12.8 Å². The zero-order valence-electron chi connectivity index (χ0n) is 22.1. The molecular formula is C30H29ClFIN6O2. The number of hydrogen-bond acceptors (Lipinski definition) is 5. The molecule has 0 radical (unpaired) electrons. The standard InChI is InChI=1S/C30H29ClFIN6O2/c31-20-13-23-24(17-37-28(23)36-16-20)27(34)38-29(25(32)14-33)35-15-19-7-6-12-39(18-19)30(40)22-10-4-5-11-26(22)41-21-8-2-1-3-9-21/h1-5,8-11,13,16-17,19,35H,6-7,12,14-15,18H2,(H2,34,38)(H,36,37)/b29-25+. The van der Waals surface area contributed by atoms with Crippen LogP contribution in [0.2, 0.25) is 5.02 Å².